The van der Waals surface area contributed by atoms with Gasteiger partial charge in [-0.3, -0.25) is 0 Å². The molecule has 2 rings (SSSR count). The Morgan fingerprint density at radius 3 is 2.94 bits per heavy atom. The SMILES string of the molecule is CCCNC(C)c1cnc(-c2csc(C)n2)s1. The van der Waals surface area contributed by atoms with E-state index in [4.69, 9.17) is 0 Å². The van der Waals surface area contributed by atoms with E-state index >= 15 is 0 Å². The molecule has 5 heteroatoms. The molecule has 17 heavy (non-hydrogen) atoms. The van der Waals surface area contributed by atoms with Gasteiger partial charge in [0.05, 0.1) is 5.01 Å². The minimum atomic E-state index is 0.376. The maximum absolute atomic E-state index is 4.46. The summed E-state index contributed by atoms with van der Waals surface area (Å²) in [5.41, 5.74) is 1.01. The average Bonchev–Trinajstić information content (AvgIpc) is 2.93. The van der Waals surface area contributed by atoms with Crippen molar-refractivity contribution in [1.82, 2.24) is 15.3 Å². The van der Waals surface area contributed by atoms with Crippen molar-refractivity contribution >= 4 is 22.7 Å². The molecule has 0 radical (unpaired) electrons. The first-order valence-corrected chi connectivity index (χ1v) is 7.52. The summed E-state index contributed by atoms with van der Waals surface area (Å²) in [5, 5.41) is 7.66. The van der Waals surface area contributed by atoms with E-state index in [1.165, 1.54) is 4.88 Å². The summed E-state index contributed by atoms with van der Waals surface area (Å²) < 4.78 is 0. The fraction of sp³-hybridized carbons (Fsp3) is 0.500. The molecule has 0 bridgehead atoms. The van der Waals surface area contributed by atoms with E-state index in [1.807, 2.05) is 13.1 Å². The van der Waals surface area contributed by atoms with Crippen molar-refractivity contribution < 1.29 is 0 Å². The lowest BCUT2D eigenvalue weighted by molar-refractivity contribution is 0.577. The normalized spacial score (nSPS) is 12.9. The molecule has 0 aromatic carbocycles. The van der Waals surface area contributed by atoms with Gasteiger partial charge in [-0.1, -0.05) is 6.92 Å². The number of thiazole rings is 2. The van der Waals surface area contributed by atoms with Gasteiger partial charge < -0.3 is 5.32 Å². The van der Waals surface area contributed by atoms with Crippen LogP contribution in [-0.4, -0.2) is 16.5 Å². The Morgan fingerprint density at radius 2 is 2.29 bits per heavy atom. The molecular weight excluding hydrogens is 250 g/mol. The predicted octanol–water partition coefficient (Wildman–Crippen LogP) is 3.64. The van der Waals surface area contributed by atoms with Crippen molar-refractivity contribution in [3.63, 3.8) is 0 Å². The largest absolute Gasteiger partial charge is 0.309 e. The van der Waals surface area contributed by atoms with Gasteiger partial charge in [0.15, 0.2) is 0 Å². The molecule has 2 aromatic heterocycles. The minimum absolute atomic E-state index is 0.376. The van der Waals surface area contributed by atoms with Crippen LogP contribution in [0, 0.1) is 6.92 Å². The Balaban J connectivity index is 2.10. The fourth-order valence-corrected chi connectivity index (χ4v) is 3.10. The van der Waals surface area contributed by atoms with Crippen LogP contribution in [0.5, 0.6) is 0 Å². The van der Waals surface area contributed by atoms with Gasteiger partial charge in [-0.25, -0.2) is 9.97 Å². The molecule has 0 spiro atoms. The first-order valence-electron chi connectivity index (χ1n) is 5.82. The summed E-state index contributed by atoms with van der Waals surface area (Å²) in [5.74, 6) is 0. The highest BCUT2D eigenvalue weighted by atomic mass is 32.1. The third-order valence-electron chi connectivity index (χ3n) is 2.49. The lowest BCUT2D eigenvalue weighted by Gasteiger charge is -2.09. The first kappa shape index (κ1) is 12.7. The lowest BCUT2D eigenvalue weighted by atomic mass is 10.3. The van der Waals surface area contributed by atoms with Crippen LogP contribution in [0.3, 0.4) is 0 Å². The minimum Gasteiger partial charge on any atom is -0.309 e. The van der Waals surface area contributed by atoms with E-state index in [-0.39, 0.29) is 0 Å². The zero-order chi connectivity index (χ0) is 12.3. The number of nitrogens with zero attached hydrogens (tertiary/aromatic N) is 2. The van der Waals surface area contributed by atoms with Crippen molar-refractivity contribution in [2.75, 3.05) is 6.54 Å². The van der Waals surface area contributed by atoms with Gasteiger partial charge in [-0.05, 0) is 26.8 Å². The summed E-state index contributed by atoms with van der Waals surface area (Å²) in [7, 11) is 0. The van der Waals surface area contributed by atoms with Gasteiger partial charge in [0.2, 0.25) is 0 Å². The Hall–Kier alpha value is -0.780. The van der Waals surface area contributed by atoms with Crippen LogP contribution in [0.25, 0.3) is 10.7 Å². The molecule has 0 aliphatic rings. The number of hydrogen-bond donors (Lipinski definition) is 1. The molecule has 1 unspecified atom stereocenters. The molecule has 1 atom stereocenters. The fourth-order valence-electron chi connectivity index (χ4n) is 1.53. The van der Waals surface area contributed by atoms with Gasteiger partial charge in [0.1, 0.15) is 10.7 Å². The number of aromatic nitrogens is 2. The monoisotopic (exact) mass is 267 g/mol. The van der Waals surface area contributed by atoms with Crippen LogP contribution < -0.4 is 5.32 Å². The van der Waals surface area contributed by atoms with Gasteiger partial charge >= 0.3 is 0 Å². The standard InChI is InChI=1S/C12H17N3S2/c1-4-5-13-8(2)11-6-14-12(17-11)10-7-16-9(3)15-10/h6-8,13H,4-5H2,1-3H3. The third-order valence-corrected chi connectivity index (χ3v) is 4.47. The highest BCUT2D eigenvalue weighted by Crippen LogP contribution is 2.29. The van der Waals surface area contributed by atoms with Crippen LogP contribution >= 0.6 is 22.7 Å². The van der Waals surface area contributed by atoms with Gasteiger partial charge in [0.25, 0.3) is 0 Å². The van der Waals surface area contributed by atoms with Crippen molar-refractivity contribution in [2.45, 2.75) is 33.2 Å². The van der Waals surface area contributed by atoms with Crippen molar-refractivity contribution in [2.24, 2.45) is 0 Å². The molecule has 92 valence electrons. The van der Waals surface area contributed by atoms with E-state index in [0.29, 0.717) is 6.04 Å². The zero-order valence-electron chi connectivity index (χ0n) is 10.4. The Kier molecular flexibility index (Phi) is 4.25. The van der Waals surface area contributed by atoms with Crippen LogP contribution in [0.2, 0.25) is 0 Å². The molecule has 0 fully saturated rings. The predicted molar refractivity (Wildman–Crippen MR) is 74.7 cm³/mol. The highest BCUT2D eigenvalue weighted by molar-refractivity contribution is 7.15. The van der Waals surface area contributed by atoms with Crippen LogP contribution in [0.15, 0.2) is 11.6 Å². The molecule has 0 amide bonds. The smallest absolute Gasteiger partial charge is 0.142 e. The molecule has 3 nitrogen and oxygen atoms in total. The second-order valence-corrected chi connectivity index (χ2v) is 6.12. The second-order valence-electron chi connectivity index (χ2n) is 4.00. The number of rotatable bonds is 5. The molecule has 0 aliphatic heterocycles. The van der Waals surface area contributed by atoms with E-state index in [9.17, 15) is 0 Å². The maximum Gasteiger partial charge on any atom is 0.142 e. The average molecular weight is 267 g/mol. The molecule has 0 saturated heterocycles. The van der Waals surface area contributed by atoms with Crippen LogP contribution in [0.4, 0.5) is 0 Å². The van der Waals surface area contributed by atoms with E-state index in [1.54, 1.807) is 22.7 Å². The first-order chi connectivity index (χ1) is 8.20. The topological polar surface area (TPSA) is 37.8 Å². The molecule has 2 heterocycles. The Morgan fingerprint density at radius 1 is 1.47 bits per heavy atom. The summed E-state index contributed by atoms with van der Waals surface area (Å²) >= 11 is 3.40. The lowest BCUT2D eigenvalue weighted by Crippen LogP contribution is -2.18. The summed E-state index contributed by atoms with van der Waals surface area (Å²) in [4.78, 5) is 10.2. The van der Waals surface area contributed by atoms with Gasteiger partial charge in [0, 0.05) is 22.5 Å². The molecule has 0 saturated carbocycles. The number of nitrogens with one attached hydrogen (secondary N) is 1. The van der Waals surface area contributed by atoms with Crippen molar-refractivity contribution in [1.29, 1.82) is 0 Å². The molecule has 1 N–H and O–H groups in total. The highest BCUT2D eigenvalue weighted by Gasteiger charge is 2.11. The van der Waals surface area contributed by atoms with Gasteiger partial charge in [-0.15, -0.1) is 22.7 Å². The Bertz CT molecular complexity index is 476. The van der Waals surface area contributed by atoms with Crippen LogP contribution in [0.1, 0.15) is 36.2 Å². The molecule has 0 aliphatic carbocycles. The molecule has 2 aromatic rings. The quantitative estimate of drug-likeness (QED) is 0.899. The third kappa shape index (κ3) is 3.12. The number of hydrogen-bond acceptors (Lipinski definition) is 5. The Labute approximate surface area is 110 Å². The van der Waals surface area contributed by atoms with Crippen molar-refractivity contribution in [3.8, 4) is 10.7 Å². The number of aryl methyl sites for hydroxylation is 1. The van der Waals surface area contributed by atoms with Crippen LogP contribution in [-0.2, 0) is 0 Å². The summed E-state index contributed by atoms with van der Waals surface area (Å²) in [6.07, 6.45) is 3.11. The van der Waals surface area contributed by atoms with Gasteiger partial charge in [-0.2, -0.15) is 0 Å². The molecular formula is C12H17N3S2. The zero-order valence-corrected chi connectivity index (χ0v) is 12.0. The van der Waals surface area contributed by atoms with E-state index in [0.717, 1.165) is 28.7 Å². The van der Waals surface area contributed by atoms with E-state index < -0.39 is 0 Å². The maximum atomic E-state index is 4.46. The summed E-state index contributed by atoms with van der Waals surface area (Å²) in [6.45, 7) is 7.42. The second kappa shape index (κ2) is 5.71. The van der Waals surface area contributed by atoms with Crippen molar-refractivity contribution in [3.05, 3.63) is 21.5 Å². The summed E-state index contributed by atoms with van der Waals surface area (Å²) in [6, 6.07) is 0.376. The van der Waals surface area contributed by atoms with E-state index in [2.05, 4.69) is 34.5 Å².